The van der Waals surface area contributed by atoms with Crippen molar-refractivity contribution in [3.8, 4) is 0 Å². The van der Waals surface area contributed by atoms with Crippen molar-refractivity contribution in [1.82, 2.24) is 4.90 Å². The molecule has 0 radical (unpaired) electrons. The first-order chi connectivity index (χ1) is 9.58. The van der Waals surface area contributed by atoms with Crippen LogP contribution in [0.1, 0.15) is 19.8 Å². The van der Waals surface area contributed by atoms with E-state index in [4.69, 9.17) is 5.11 Å². The maximum Gasteiger partial charge on any atom is 0.321 e. The van der Waals surface area contributed by atoms with E-state index < -0.39 is 0 Å². The van der Waals surface area contributed by atoms with Crippen LogP contribution in [0.4, 0.5) is 16.2 Å². The number of anilines is 2. The number of rotatable bonds is 7. The molecule has 1 rings (SSSR count). The Bertz CT molecular complexity index is 404. The van der Waals surface area contributed by atoms with Gasteiger partial charge in [-0.3, -0.25) is 0 Å². The fraction of sp³-hybridized carbons (Fsp3) is 0.533. The number of benzene rings is 1. The highest BCUT2D eigenvalue weighted by Crippen LogP contribution is 2.16. The Labute approximate surface area is 121 Å². The van der Waals surface area contributed by atoms with Crippen LogP contribution in [0.15, 0.2) is 24.3 Å². The minimum atomic E-state index is -0.162. The minimum absolute atomic E-state index is 0.0172. The first kappa shape index (κ1) is 16.3. The smallest absolute Gasteiger partial charge is 0.321 e. The van der Waals surface area contributed by atoms with Crippen LogP contribution >= 0.6 is 0 Å². The summed E-state index contributed by atoms with van der Waals surface area (Å²) in [5, 5.41) is 11.9. The molecule has 2 amide bonds. The van der Waals surface area contributed by atoms with Gasteiger partial charge in [0.25, 0.3) is 0 Å². The van der Waals surface area contributed by atoms with Gasteiger partial charge in [-0.25, -0.2) is 4.79 Å². The third-order valence-electron chi connectivity index (χ3n) is 3.07. The van der Waals surface area contributed by atoms with Crippen molar-refractivity contribution >= 4 is 17.4 Å². The number of nitrogens with zero attached hydrogens (tertiary/aromatic N) is 2. The molecule has 0 atom stereocenters. The molecule has 0 aromatic heterocycles. The number of carbonyl (C=O) groups is 1. The molecule has 0 saturated heterocycles. The van der Waals surface area contributed by atoms with Crippen molar-refractivity contribution in [1.29, 1.82) is 0 Å². The number of carbonyl (C=O) groups excluding carboxylic acids is 1. The van der Waals surface area contributed by atoms with Gasteiger partial charge >= 0.3 is 6.03 Å². The highest BCUT2D eigenvalue weighted by molar-refractivity contribution is 5.89. The topological polar surface area (TPSA) is 55.8 Å². The second kappa shape index (κ2) is 8.43. The predicted octanol–water partition coefficient (Wildman–Crippen LogP) is 2.38. The van der Waals surface area contributed by atoms with E-state index in [0.717, 1.165) is 24.2 Å². The lowest BCUT2D eigenvalue weighted by atomic mass is 10.2. The van der Waals surface area contributed by atoms with Crippen LogP contribution in [0.3, 0.4) is 0 Å². The standard InChI is InChI=1S/C15H25N3O2/c1-4-5-10-18(11-12-19)15(20)16-13-6-8-14(9-7-13)17(2)3/h6-9,19H,4-5,10-12H2,1-3H3,(H,16,20). The van der Waals surface area contributed by atoms with E-state index in [9.17, 15) is 4.79 Å². The number of hydrogen-bond acceptors (Lipinski definition) is 3. The lowest BCUT2D eigenvalue weighted by Gasteiger charge is -2.22. The average molecular weight is 279 g/mol. The molecule has 20 heavy (non-hydrogen) atoms. The van der Waals surface area contributed by atoms with E-state index in [-0.39, 0.29) is 12.6 Å². The Balaban J connectivity index is 2.62. The van der Waals surface area contributed by atoms with Crippen molar-refractivity contribution in [3.05, 3.63) is 24.3 Å². The largest absolute Gasteiger partial charge is 0.395 e. The van der Waals surface area contributed by atoms with Crippen molar-refractivity contribution < 1.29 is 9.90 Å². The highest BCUT2D eigenvalue weighted by atomic mass is 16.3. The van der Waals surface area contributed by atoms with Crippen LogP contribution in [0, 0.1) is 0 Å². The normalized spacial score (nSPS) is 10.2. The number of aliphatic hydroxyl groups excluding tert-OH is 1. The fourth-order valence-corrected chi connectivity index (χ4v) is 1.83. The molecule has 0 spiro atoms. The molecule has 0 bridgehead atoms. The second-order valence-corrected chi connectivity index (χ2v) is 4.94. The third-order valence-corrected chi connectivity index (χ3v) is 3.07. The molecule has 5 nitrogen and oxygen atoms in total. The minimum Gasteiger partial charge on any atom is -0.395 e. The summed E-state index contributed by atoms with van der Waals surface area (Å²) >= 11 is 0. The van der Waals surface area contributed by atoms with Gasteiger partial charge in [-0.2, -0.15) is 0 Å². The van der Waals surface area contributed by atoms with E-state index in [1.165, 1.54) is 0 Å². The molecule has 0 fully saturated rings. The van der Waals surface area contributed by atoms with E-state index in [0.29, 0.717) is 13.1 Å². The van der Waals surface area contributed by atoms with Gasteiger partial charge in [0, 0.05) is 38.6 Å². The van der Waals surface area contributed by atoms with Crippen LogP contribution in [-0.4, -0.2) is 49.8 Å². The Morgan fingerprint density at radius 1 is 1.20 bits per heavy atom. The van der Waals surface area contributed by atoms with Gasteiger partial charge in [-0.15, -0.1) is 0 Å². The molecule has 0 saturated carbocycles. The molecule has 5 heteroatoms. The molecular weight excluding hydrogens is 254 g/mol. The SMILES string of the molecule is CCCCN(CCO)C(=O)Nc1ccc(N(C)C)cc1. The molecule has 0 aliphatic heterocycles. The molecule has 0 unspecified atom stereocenters. The molecule has 2 N–H and O–H groups in total. The lowest BCUT2D eigenvalue weighted by molar-refractivity contribution is 0.187. The van der Waals surface area contributed by atoms with Crippen molar-refractivity contribution in [2.24, 2.45) is 0 Å². The Hall–Kier alpha value is -1.75. The van der Waals surface area contributed by atoms with E-state index >= 15 is 0 Å². The van der Waals surface area contributed by atoms with Gasteiger partial charge in [0.1, 0.15) is 0 Å². The molecule has 1 aromatic rings. The number of hydrogen-bond donors (Lipinski definition) is 2. The average Bonchev–Trinajstić information content (AvgIpc) is 2.43. The highest BCUT2D eigenvalue weighted by Gasteiger charge is 2.12. The lowest BCUT2D eigenvalue weighted by Crippen LogP contribution is -2.37. The Kier molecular flexibility index (Phi) is 6.87. The first-order valence-electron chi connectivity index (χ1n) is 7.02. The van der Waals surface area contributed by atoms with E-state index in [2.05, 4.69) is 12.2 Å². The monoisotopic (exact) mass is 279 g/mol. The third kappa shape index (κ3) is 5.09. The van der Waals surface area contributed by atoms with Gasteiger partial charge in [0.2, 0.25) is 0 Å². The second-order valence-electron chi connectivity index (χ2n) is 4.94. The molecule has 0 aliphatic carbocycles. The molecule has 0 heterocycles. The maximum absolute atomic E-state index is 12.1. The van der Waals surface area contributed by atoms with Crippen molar-refractivity contribution in [2.45, 2.75) is 19.8 Å². The predicted molar refractivity (Wildman–Crippen MR) is 83.4 cm³/mol. The van der Waals surface area contributed by atoms with Crippen molar-refractivity contribution in [2.75, 3.05) is 44.0 Å². The number of urea groups is 1. The van der Waals surface area contributed by atoms with Gasteiger partial charge in [-0.1, -0.05) is 13.3 Å². The molecule has 112 valence electrons. The van der Waals surface area contributed by atoms with Crippen LogP contribution < -0.4 is 10.2 Å². The fourth-order valence-electron chi connectivity index (χ4n) is 1.83. The Morgan fingerprint density at radius 2 is 1.85 bits per heavy atom. The summed E-state index contributed by atoms with van der Waals surface area (Å²) in [4.78, 5) is 15.8. The summed E-state index contributed by atoms with van der Waals surface area (Å²) in [6.45, 7) is 3.09. The zero-order chi connectivity index (χ0) is 15.0. The maximum atomic E-state index is 12.1. The number of nitrogens with one attached hydrogen (secondary N) is 1. The van der Waals surface area contributed by atoms with Crippen LogP contribution in [0.2, 0.25) is 0 Å². The summed E-state index contributed by atoms with van der Waals surface area (Å²) < 4.78 is 0. The zero-order valence-corrected chi connectivity index (χ0v) is 12.6. The van der Waals surface area contributed by atoms with Crippen LogP contribution in [0.5, 0.6) is 0 Å². The number of amides is 2. The zero-order valence-electron chi connectivity index (χ0n) is 12.6. The summed E-state index contributed by atoms with van der Waals surface area (Å²) in [6, 6.07) is 7.51. The van der Waals surface area contributed by atoms with Crippen LogP contribution in [0.25, 0.3) is 0 Å². The summed E-state index contributed by atoms with van der Waals surface area (Å²) in [5.74, 6) is 0. The molecule has 0 aliphatic rings. The van der Waals surface area contributed by atoms with E-state index in [1.54, 1.807) is 4.90 Å². The van der Waals surface area contributed by atoms with Gasteiger partial charge in [0.15, 0.2) is 0 Å². The number of unbranched alkanes of at least 4 members (excludes halogenated alkanes) is 1. The van der Waals surface area contributed by atoms with Gasteiger partial charge in [0.05, 0.1) is 6.61 Å². The van der Waals surface area contributed by atoms with Gasteiger partial charge in [-0.05, 0) is 30.7 Å². The summed E-state index contributed by atoms with van der Waals surface area (Å²) in [5.41, 5.74) is 1.85. The molecular formula is C15H25N3O2. The van der Waals surface area contributed by atoms with E-state index in [1.807, 2.05) is 43.3 Å². The summed E-state index contributed by atoms with van der Waals surface area (Å²) in [6.07, 6.45) is 1.96. The van der Waals surface area contributed by atoms with Crippen molar-refractivity contribution in [3.63, 3.8) is 0 Å². The summed E-state index contributed by atoms with van der Waals surface area (Å²) in [7, 11) is 3.95. The number of aliphatic hydroxyl groups is 1. The first-order valence-corrected chi connectivity index (χ1v) is 7.02. The van der Waals surface area contributed by atoms with Gasteiger partial charge < -0.3 is 20.2 Å². The van der Waals surface area contributed by atoms with Crippen LogP contribution in [-0.2, 0) is 0 Å². The Morgan fingerprint density at radius 3 is 2.35 bits per heavy atom. The molecule has 1 aromatic carbocycles. The quantitative estimate of drug-likeness (QED) is 0.805.